The van der Waals surface area contributed by atoms with E-state index in [0.29, 0.717) is 17.4 Å². The van der Waals surface area contributed by atoms with Gasteiger partial charge in [0, 0.05) is 10.9 Å². The molecule has 4 rings (SSSR count). The second kappa shape index (κ2) is 7.87. The number of ether oxygens (including phenoxy) is 1. The third-order valence-electron chi connectivity index (χ3n) is 5.31. The molecule has 0 saturated heterocycles. The zero-order valence-electron chi connectivity index (χ0n) is 16.6. The predicted octanol–water partition coefficient (Wildman–Crippen LogP) is 4.66. The molecule has 2 heterocycles. The molecule has 0 radical (unpaired) electrons. The van der Waals surface area contributed by atoms with Gasteiger partial charge < -0.3 is 4.74 Å². The van der Waals surface area contributed by atoms with Crippen molar-refractivity contribution in [1.82, 2.24) is 14.8 Å². The number of fused-ring (bicyclic) bond motifs is 1. The van der Waals surface area contributed by atoms with Crippen molar-refractivity contribution in [1.29, 1.82) is 0 Å². The zero-order chi connectivity index (χ0) is 20.5. The van der Waals surface area contributed by atoms with Crippen LogP contribution in [0.1, 0.15) is 43.5 Å². The lowest BCUT2D eigenvalue weighted by Gasteiger charge is -2.40. The van der Waals surface area contributed by atoms with Crippen molar-refractivity contribution in [3.05, 3.63) is 71.0 Å². The van der Waals surface area contributed by atoms with Crippen molar-refractivity contribution in [2.24, 2.45) is 5.92 Å². The highest BCUT2D eigenvalue weighted by Crippen LogP contribution is 2.42. The van der Waals surface area contributed by atoms with Crippen molar-refractivity contribution < 1.29 is 9.53 Å². The van der Waals surface area contributed by atoms with E-state index in [9.17, 15) is 4.79 Å². The molecule has 1 aromatic heterocycles. The fraction of sp³-hybridized carbons (Fsp3) is 0.318. The number of hydrogen-bond acceptors (Lipinski definition) is 4. The van der Waals surface area contributed by atoms with Gasteiger partial charge in [0.15, 0.2) is 0 Å². The van der Waals surface area contributed by atoms with E-state index in [0.717, 1.165) is 16.9 Å². The van der Waals surface area contributed by atoms with Gasteiger partial charge in [-0.2, -0.15) is 10.1 Å². The molecule has 1 aliphatic heterocycles. The van der Waals surface area contributed by atoms with Crippen LogP contribution >= 0.6 is 11.6 Å². The Bertz CT molecular complexity index is 998. The van der Waals surface area contributed by atoms with E-state index in [1.165, 1.54) is 6.33 Å². The fourth-order valence-corrected chi connectivity index (χ4v) is 3.92. The maximum absolute atomic E-state index is 13.1. The molecule has 7 heteroatoms. The summed E-state index contributed by atoms with van der Waals surface area (Å²) in [6.07, 6.45) is 2.19. The Morgan fingerprint density at radius 1 is 1.07 bits per heavy atom. The highest BCUT2D eigenvalue weighted by molar-refractivity contribution is 6.30. The summed E-state index contributed by atoms with van der Waals surface area (Å²) >= 11 is 6.10. The number of halogens is 1. The monoisotopic (exact) mass is 410 g/mol. The van der Waals surface area contributed by atoms with E-state index in [1.807, 2.05) is 67.1 Å². The molecule has 0 spiro atoms. The highest BCUT2D eigenvalue weighted by Gasteiger charge is 2.39. The third kappa shape index (κ3) is 3.60. The number of aromatic nitrogens is 3. The van der Waals surface area contributed by atoms with Gasteiger partial charge in [-0.15, -0.1) is 0 Å². The topological polar surface area (TPSA) is 60.2 Å². The Morgan fingerprint density at radius 3 is 2.31 bits per heavy atom. The maximum atomic E-state index is 13.1. The molecular weight excluding hydrogens is 388 g/mol. The molecule has 29 heavy (non-hydrogen) atoms. The van der Waals surface area contributed by atoms with Gasteiger partial charge in [0.2, 0.25) is 11.9 Å². The van der Waals surface area contributed by atoms with Crippen LogP contribution in [-0.4, -0.2) is 27.8 Å². The number of carbonyl (C=O) groups is 1. The predicted molar refractivity (Wildman–Crippen MR) is 112 cm³/mol. The normalized spacial score (nSPS) is 18.6. The number of anilines is 1. The molecule has 0 N–H and O–H groups in total. The minimum Gasteiger partial charge on any atom is -0.497 e. The van der Waals surface area contributed by atoms with E-state index in [2.05, 4.69) is 10.1 Å². The smallest absolute Gasteiger partial charge is 0.232 e. The Hall–Kier alpha value is -2.86. The summed E-state index contributed by atoms with van der Waals surface area (Å²) in [5.41, 5.74) is 2.12. The Morgan fingerprint density at radius 2 is 1.69 bits per heavy atom. The number of hydrogen-bond donors (Lipinski definition) is 0. The lowest BCUT2D eigenvalue weighted by molar-refractivity contribution is -0.122. The van der Waals surface area contributed by atoms with E-state index < -0.39 is 0 Å². The molecule has 3 aromatic rings. The lowest BCUT2D eigenvalue weighted by Crippen LogP contribution is -2.44. The largest absolute Gasteiger partial charge is 0.497 e. The quantitative estimate of drug-likeness (QED) is 0.627. The lowest BCUT2D eigenvalue weighted by atomic mass is 9.91. The first kappa shape index (κ1) is 19.5. The SMILES string of the molecule is COc1ccc([C@H]2C[C@@H](c3ccc(Cl)cc3)N(C(=O)C(C)C)c3ncnn32)cc1. The molecule has 0 aliphatic carbocycles. The number of amides is 1. The zero-order valence-corrected chi connectivity index (χ0v) is 17.4. The Labute approximate surface area is 175 Å². The molecular formula is C22H23ClN4O2. The first-order valence-electron chi connectivity index (χ1n) is 9.61. The van der Waals surface area contributed by atoms with Crippen LogP contribution in [-0.2, 0) is 4.79 Å². The van der Waals surface area contributed by atoms with Crippen molar-refractivity contribution in [3.63, 3.8) is 0 Å². The summed E-state index contributed by atoms with van der Waals surface area (Å²) in [6, 6.07) is 15.4. The van der Waals surface area contributed by atoms with Gasteiger partial charge in [-0.25, -0.2) is 4.68 Å². The summed E-state index contributed by atoms with van der Waals surface area (Å²) in [7, 11) is 1.65. The number of rotatable bonds is 4. The number of carbonyl (C=O) groups excluding carboxylic acids is 1. The Balaban J connectivity index is 1.82. The Kier molecular flexibility index (Phi) is 5.28. The summed E-state index contributed by atoms with van der Waals surface area (Å²) in [6.45, 7) is 3.80. The second-order valence-electron chi connectivity index (χ2n) is 7.46. The van der Waals surface area contributed by atoms with Crippen molar-refractivity contribution in [3.8, 4) is 5.75 Å². The summed E-state index contributed by atoms with van der Waals surface area (Å²) in [5.74, 6) is 1.23. The molecule has 2 atom stereocenters. The van der Waals surface area contributed by atoms with Crippen molar-refractivity contribution in [2.45, 2.75) is 32.4 Å². The van der Waals surface area contributed by atoms with Crippen LogP contribution in [0.15, 0.2) is 54.9 Å². The standard InChI is InChI=1S/C22H23ClN4O2/c1-14(2)21(28)26-19(15-4-8-17(23)9-5-15)12-20(27-22(26)24-13-25-27)16-6-10-18(29-3)11-7-16/h4-11,13-14,19-20H,12H2,1-3H3/t19-,20+/m0/s1. The molecule has 0 saturated carbocycles. The van der Waals surface area contributed by atoms with Gasteiger partial charge in [0.05, 0.1) is 19.2 Å². The summed E-state index contributed by atoms with van der Waals surface area (Å²) < 4.78 is 7.13. The van der Waals surface area contributed by atoms with Gasteiger partial charge in [0.25, 0.3) is 0 Å². The van der Waals surface area contributed by atoms with E-state index in [1.54, 1.807) is 12.0 Å². The number of benzene rings is 2. The molecule has 0 unspecified atom stereocenters. The minimum atomic E-state index is -0.161. The van der Waals surface area contributed by atoms with Crippen LogP contribution < -0.4 is 9.64 Å². The van der Waals surface area contributed by atoms with Crippen molar-refractivity contribution in [2.75, 3.05) is 12.0 Å². The minimum absolute atomic E-state index is 0.0207. The third-order valence-corrected chi connectivity index (χ3v) is 5.56. The first-order valence-corrected chi connectivity index (χ1v) is 9.99. The number of nitrogens with zero attached hydrogens (tertiary/aromatic N) is 4. The van der Waals surface area contributed by atoms with Crippen LogP contribution in [0, 0.1) is 5.92 Å². The van der Waals surface area contributed by atoms with E-state index in [-0.39, 0.29) is 23.9 Å². The average Bonchev–Trinajstić information content (AvgIpc) is 3.22. The van der Waals surface area contributed by atoms with Gasteiger partial charge in [-0.1, -0.05) is 49.7 Å². The fourth-order valence-electron chi connectivity index (χ4n) is 3.80. The molecule has 6 nitrogen and oxygen atoms in total. The maximum Gasteiger partial charge on any atom is 0.232 e. The van der Waals surface area contributed by atoms with E-state index >= 15 is 0 Å². The van der Waals surface area contributed by atoms with Crippen LogP contribution in [0.2, 0.25) is 5.02 Å². The average molecular weight is 411 g/mol. The van der Waals surface area contributed by atoms with Gasteiger partial charge >= 0.3 is 0 Å². The molecule has 2 aromatic carbocycles. The molecule has 150 valence electrons. The molecule has 1 amide bonds. The van der Waals surface area contributed by atoms with Crippen molar-refractivity contribution >= 4 is 23.5 Å². The molecule has 0 bridgehead atoms. The summed E-state index contributed by atoms with van der Waals surface area (Å²) in [4.78, 5) is 19.4. The van der Waals surface area contributed by atoms with Gasteiger partial charge in [-0.3, -0.25) is 9.69 Å². The first-order chi connectivity index (χ1) is 14.0. The van der Waals surface area contributed by atoms with Crippen LogP contribution in [0.25, 0.3) is 0 Å². The molecule has 1 aliphatic rings. The van der Waals surface area contributed by atoms with Crippen LogP contribution in [0.5, 0.6) is 5.75 Å². The highest BCUT2D eigenvalue weighted by atomic mass is 35.5. The van der Waals surface area contributed by atoms with Crippen LogP contribution in [0.4, 0.5) is 5.95 Å². The van der Waals surface area contributed by atoms with Gasteiger partial charge in [0.1, 0.15) is 12.1 Å². The van der Waals surface area contributed by atoms with E-state index in [4.69, 9.17) is 16.3 Å². The molecule has 0 fully saturated rings. The van der Waals surface area contributed by atoms with Crippen LogP contribution in [0.3, 0.4) is 0 Å². The summed E-state index contributed by atoms with van der Waals surface area (Å²) in [5, 5.41) is 5.12. The number of methoxy groups -OCH3 is 1. The second-order valence-corrected chi connectivity index (χ2v) is 7.90. The van der Waals surface area contributed by atoms with Gasteiger partial charge in [-0.05, 0) is 41.8 Å².